The average Bonchev–Trinajstić information content (AvgIpc) is 2.68. The van der Waals surface area contributed by atoms with Gasteiger partial charge in [-0.05, 0) is 45.0 Å². The number of aromatic nitrogens is 2. The van der Waals surface area contributed by atoms with Gasteiger partial charge in [-0.3, -0.25) is 14.3 Å². The van der Waals surface area contributed by atoms with Gasteiger partial charge in [-0.15, -0.1) is 0 Å². The van der Waals surface area contributed by atoms with Crippen LogP contribution in [-0.2, 0) is 0 Å². The molecule has 0 saturated carbocycles. The summed E-state index contributed by atoms with van der Waals surface area (Å²) in [6.07, 6.45) is 0. The van der Waals surface area contributed by atoms with E-state index in [0.29, 0.717) is 11.4 Å². The Balaban J connectivity index is 1.91. The number of nitrogens with zero attached hydrogens (tertiary/aromatic N) is 3. The number of nitrogens with one attached hydrogen (secondary N) is 1. The van der Waals surface area contributed by atoms with Crippen LogP contribution in [0.4, 0.5) is 0 Å². The molecule has 0 bridgehead atoms. The van der Waals surface area contributed by atoms with E-state index >= 15 is 0 Å². The van der Waals surface area contributed by atoms with Crippen molar-refractivity contribution in [2.24, 2.45) is 0 Å². The Morgan fingerprint density at radius 1 is 1.15 bits per heavy atom. The zero-order chi connectivity index (χ0) is 19.0. The number of benzene rings is 2. The van der Waals surface area contributed by atoms with E-state index in [1.165, 1.54) is 5.56 Å². The van der Waals surface area contributed by atoms with E-state index in [1.807, 2.05) is 48.5 Å². The van der Waals surface area contributed by atoms with Gasteiger partial charge in [0.2, 0.25) is 0 Å². The fraction of sp³-hybridized carbons (Fsp3) is 0.364. The van der Waals surface area contributed by atoms with E-state index in [2.05, 4.69) is 31.0 Å². The first kappa shape index (κ1) is 17.9. The highest BCUT2D eigenvalue weighted by molar-refractivity contribution is 5.77. The van der Waals surface area contributed by atoms with Crippen LogP contribution in [0.1, 0.15) is 31.3 Å². The lowest BCUT2D eigenvalue weighted by atomic mass is 10.1. The molecular weight excluding hydrogens is 336 g/mol. The van der Waals surface area contributed by atoms with Crippen LogP contribution in [0, 0.1) is 6.92 Å². The number of fused-ring (bicyclic) bond motifs is 1. The van der Waals surface area contributed by atoms with Crippen molar-refractivity contribution in [1.82, 2.24) is 19.8 Å². The minimum Gasteiger partial charge on any atom is -0.312 e. The van der Waals surface area contributed by atoms with E-state index in [0.717, 1.165) is 36.7 Å². The van der Waals surface area contributed by atoms with Gasteiger partial charge in [-0.25, -0.2) is 4.98 Å². The summed E-state index contributed by atoms with van der Waals surface area (Å²) in [6.45, 7) is 9.24. The molecule has 5 heteroatoms. The molecule has 1 N–H and O–H groups in total. The first-order valence-electron chi connectivity index (χ1n) is 9.61. The van der Waals surface area contributed by atoms with Crippen molar-refractivity contribution in [3.05, 3.63) is 70.3 Å². The molecule has 2 aromatic carbocycles. The molecule has 5 nitrogen and oxygen atoms in total. The molecule has 4 rings (SSSR count). The highest BCUT2D eigenvalue weighted by Crippen LogP contribution is 2.23. The molecule has 2 atom stereocenters. The summed E-state index contributed by atoms with van der Waals surface area (Å²) in [7, 11) is 0. The van der Waals surface area contributed by atoms with Gasteiger partial charge in [0.15, 0.2) is 0 Å². The number of hydrogen-bond acceptors (Lipinski definition) is 4. The number of aryl methyl sites for hydroxylation is 1. The van der Waals surface area contributed by atoms with Crippen LogP contribution in [-0.4, -0.2) is 40.1 Å². The Hall–Kier alpha value is -2.50. The molecule has 0 amide bonds. The predicted molar refractivity (Wildman–Crippen MR) is 110 cm³/mol. The maximum absolute atomic E-state index is 13.4. The largest absolute Gasteiger partial charge is 0.312 e. The fourth-order valence-electron chi connectivity index (χ4n) is 3.85. The highest BCUT2D eigenvalue weighted by Gasteiger charge is 2.26. The summed E-state index contributed by atoms with van der Waals surface area (Å²) < 4.78 is 1.79. The molecule has 0 unspecified atom stereocenters. The standard InChI is InChI=1S/C22H26N4O/c1-15-8-10-18(11-9-15)26-21(17(3)25-13-12-23-16(2)14-25)24-20-7-5-4-6-19(20)22(26)27/h4-11,16-17,23H,12-14H2,1-3H3/t16-,17+/m1/s1. The van der Waals surface area contributed by atoms with Gasteiger partial charge < -0.3 is 5.32 Å². The van der Waals surface area contributed by atoms with Crippen LogP contribution in [0.2, 0.25) is 0 Å². The minimum atomic E-state index is -0.00511. The van der Waals surface area contributed by atoms with Crippen molar-refractivity contribution in [3.8, 4) is 5.69 Å². The predicted octanol–water partition coefficient (Wildman–Crippen LogP) is 3.05. The van der Waals surface area contributed by atoms with Crippen LogP contribution < -0.4 is 10.9 Å². The maximum Gasteiger partial charge on any atom is 0.266 e. The molecule has 140 valence electrons. The molecular formula is C22H26N4O. The van der Waals surface area contributed by atoms with Crippen molar-refractivity contribution in [1.29, 1.82) is 0 Å². The number of para-hydroxylation sites is 1. The molecule has 27 heavy (non-hydrogen) atoms. The Bertz CT molecular complexity index is 1010. The maximum atomic E-state index is 13.4. The number of hydrogen-bond donors (Lipinski definition) is 1. The Morgan fingerprint density at radius 2 is 1.89 bits per heavy atom. The van der Waals surface area contributed by atoms with Crippen LogP contribution >= 0.6 is 0 Å². The summed E-state index contributed by atoms with van der Waals surface area (Å²) >= 11 is 0. The Kier molecular flexibility index (Phi) is 4.81. The first-order valence-corrected chi connectivity index (χ1v) is 9.61. The first-order chi connectivity index (χ1) is 13.0. The Labute approximate surface area is 159 Å². The zero-order valence-corrected chi connectivity index (χ0v) is 16.1. The molecule has 2 heterocycles. The molecule has 0 aliphatic carbocycles. The quantitative estimate of drug-likeness (QED) is 0.778. The van der Waals surface area contributed by atoms with Gasteiger partial charge in [0, 0.05) is 25.7 Å². The fourth-order valence-corrected chi connectivity index (χ4v) is 3.85. The molecule has 3 aromatic rings. The summed E-state index contributed by atoms with van der Waals surface area (Å²) in [4.78, 5) is 20.7. The third-order valence-corrected chi connectivity index (χ3v) is 5.42. The van der Waals surface area contributed by atoms with E-state index < -0.39 is 0 Å². The SMILES string of the molecule is Cc1ccc(-n2c([C@H](C)N3CCN[C@H](C)C3)nc3ccccc3c2=O)cc1. The van der Waals surface area contributed by atoms with Gasteiger partial charge in [0.05, 0.1) is 22.6 Å². The minimum absolute atomic E-state index is 0.00511. The van der Waals surface area contributed by atoms with E-state index in [9.17, 15) is 4.79 Å². The number of piperazine rings is 1. The van der Waals surface area contributed by atoms with Crippen molar-refractivity contribution >= 4 is 10.9 Å². The molecule has 1 aliphatic rings. The van der Waals surface area contributed by atoms with Crippen LogP contribution in [0.15, 0.2) is 53.3 Å². The lowest BCUT2D eigenvalue weighted by molar-refractivity contribution is 0.152. The van der Waals surface area contributed by atoms with Crippen molar-refractivity contribution in [3.63, 3.8) is 0 Å². The van der Waals surface area contributed by atoms with E-state index in [4.69, 9.17) is 4.98 Å². The van der Waals surface area contributed by atoms with Crippen LogP contribution in [0.5, 0.6) is 0 Å². The molecule has 0 spiro atoms. The molecule has 1 aliphatic heterocycles. The smallest absolute Gasteiger partial charge is 0.266 e. The molecule has 1 saturated heterocycles. The van der Waals surface area contributed by atoms with Crippen molar-refractivity contribution < 1.29 is 0 Å². The molecule has 1 aromatic heterocycles. The third kappa shape index (κ3) is 3.40. The van der Waals surface area contributed by atoms with E-state index in [-0.39, 0.29) is 11.6 Å². The Morgan fingerprint density at radius 3 is 2.63 bits per heavy atom. The third-order valence-electron chi connectivity index (χ3n) is 5.42. The van der Waals surface area contributed by atoms with Gasteiger partial charge in [-0.2, -0.15) is 0 Å². The van der Waals surface area contributed by atoms with E-state index in [1.54, 1.807) is 4.57 Å². The lowest BCUT2D eigenvalue weighted by Crippen LogP contribution is -2.50. The van der Waals surface area contributed by atoms with Gasteiger partial charge in [-0.1, -0.05) is 29.8 Å². The second kappa shape index (κ2) is 7.25. The summed E-state index contributed by atoms with van der Waals surface area (Å²) in [5.41, 5.74) is 2.80. The van der Waals surface area contributed by atoms with Crippen molar-refractivity contribution in [2.45, 2.75) is 32.9 Å². The summed E-state index contributed by atoms with van der Waals surface area (Å²) in [5.74, 6) is 0.802. The van der Waals surface area contributed by atoms with Gasteiger partial charge in [0.25, 0.3) is 5.56 Å². The second-order valence-corrected chi connectivity index (χ2v) is 7.49. The zero-order valence-electron chi connectivity index (χ0n) is 16.1. The van der Waals surface area contributed by atoms with Crippen LogP contribution in [0.3, 0.4) is 0 Å². The van der Waals surface area contributed by atoms with Gasteiger partial charge >= 0.3 is 0 Å². The highest BCUT2D eigenvalue weighted by atomic mass is 16.1. The molecule has 1 fully saturated rings. The number of rotatable bonds is 3. The summed E-state index contributed by atoms with van der Waals surface area (Å²) in [5, 5.41) is 4.14. The average molecular weight is 362 g/mol. The van der Waals surface area contributed by atoms with Gasteiger partial charge in [0.1, 0.15) is 5.82 Å². The van der Waals surface area contributed by atoms with Crippen LogP contribution in [0.25, 0.3) is 16.6 Å². The normalized spacial score (nSPS) is 19.3. The van der Waals surface area contributed by atoms with Crippen molar-refractivity contribution in [2.75, 3.05) is 19.6 Å². The molecule has 0 radical (unpaired) electrons. The lowest BCUT2D eigenvalue weighted by Gasteiger charge is -2.36. The summed E-state index contributed by atoms with van der Waals surface area (Å²) in [6, 6.07) is 16.2. The second-order valence-electron chi connectivity index (χ2n) is 7.49. The topological polar surface area (TPSA) is 50.2 Å². The monoisotopic (exact) mass is 362 g/mol.